The lowest BCUT2D eigenvalue weighted by Gasteiger charge is -2.22. The highest BCUT2D eigenvalue weighted by Gasteiger charge is 2.33. The van der Waals surface area contributed by atoms with E-state index in [2.05, 4.69) is 15.0 Å². The number of aryl methyl sites for hydroxylation is 1. The predicted octanol–water partition coefficient (Wildman–Crippen LogP) is 1.71. The molecule has 0 saturated heterocycles. The van der Waals surface area contributed by atoms with Crippen LogP contribution in [0.1, 0.15) is 33.9 Å². The summed E-state index contributed by atoms with van der Waals surface area (Å²) in [6.45, 7) is 7.10. The van der Waals surface area contributed by atoms with Crippen molar-refractivity contribution in [2.24, 2.45) is 0 Å². The van der Waals surface area contributed by atoms with Crippen LogP contribution in [0.25, 0.3) is 0 Å². The first-order chi connectivity index (χ1) is 11.3. The second-order valence-corrected chi connectivity index (χ2v) is 6.54. The molecule has 1 aliphatic heterocycles. The van der Waals surface area contributed by atoms with Crippen LogP contribution in [0.2, 0.25) is 5.15 Å². The van der Waals surface area contributed by atoms with Crippen LogP contribution < -0.4 is 16.4 Å². The molecular formula is C16H21ClN6O. The molecule has 0 saturated carbocycles. The number of pyridine rings is 1. The van der Waals surface area contributed by atoms with E-state index in [0.717, 1.165) is 27.9 Å². The lowest BCUT2D eigenvalue weighted by Crippen LogP contribution is -2.24. The second kappa shape index (κ2) is 6.07. The highest BCUT2D eigenvalue weighted by molar-refractivity contribution is 6.30. The molecule has 5 N–H and O–H groups in total. The first-order valence-electron chi connectivity index (χ1n) is 7.74. The van der Waals surface area contributed by atoms with Gasteiger partial charge in [-0.1, -0.05) is 11.6 Å². The molecule has 3 rings (SSSR count). The minimum atomic E-state index is -0.144. The number of aliphatic hydroxyl groups excluding tert-OH is 1. The number of nitrogens with zero attached hydrogens (tertiary/aromatic N) is 4. The van der Waals surface area contributed by atoms with Crippen molar-refractivity contribution in [3.8, 4) is 0 Å². The van der Waals surface area contributed by atoms with Gasteiger partial charge < -0.3 is 21.5 Å². The number of anilines is 3. The molecule has 128 valence electrons. The highest BCUT2D eigenvalue weighted by Crippen LogP contribution is 2.40. The average Bonchev–Trinajstić information content (AvgIpc) is 2.87. The summed E-state index contributed by atoms with van der Waals surface area (Å²) in [4.78, 5) is 14.8. The Morgan fingerprint density at radius 2 is 1.88 bits per heavy atom. The van der Waals surface area contributed by atoms with Gasteiger partial charge in [0.15, 0.2) is 0 Å². The maximum absolute atomic E-state index is 9.67. The summed E-state index contributed by atoms with van der Waals surface area (Å²) >= 11 is 6.22. The van der Waals surface area contributed by atoms with Crippen LogP contribution in [-0.4, -0.2) is 33.2 Å². The van der Waals surface area contributed by atoms with Crippen molar-refractivity contribution < 1.29 is 5.11 Å². The summed E-state index contributed by atoms with van der Waals surface area (Å²) in [6.07, 6.45) is 0. The summed E-state index contributed by atoms with van der Waals surface area (Å²) in [6, 6.07) is 0. The SMILES string of the molecule is Cc1nc(N)c(CN2CC(CO)c3c(Cl)nc(N)nc32)c(C)c1C. The zero-order chi connectivity index (χ0) is 17.6. The van der Waals surface area contributed by atoms with E-state index in [1.807, 2.05) is 25.7 Å². The average molecular weight is 349 g/mol. The first kappa shape index (κ1) is 16.7. The fraction of sp³-hybridized carbons (Fsp3) is 0.438. The van der Waals surface area contributed by atoms with E-state index in [1.54, 1.807) is 0 Å². The number of aliphatic hydroxyl groups is 1. The molecular weight excluding hydrogens is 328 g/mol. The van der Waals surface area contributed by atoms with Crippen LogP contribution >= 0.6 is 11.6 Å². The molecule has 0 radical (unpaired) electrons. The number of nitrogens with two attached hydrogens (primary N) is 2. The van der Waals surface area contributed by atoms with Crippen molar-refractivity contribution in [1.82, 2.24) is 15.0 Å². The topological polar surface area (TPSA) is 114 Å². The standard InChI is InChI=1S/C16H21ClN6O/c1-7-8(2)11(14(18)20-9(7)3)5-23-4-10(6-24)12-13(17)21-16(19)22-15(12)23/h10,24H,4-6H2,1-3H3,(H2,18,20)(H2,19,21,22). The van der Waals surface area contributed by atoms with E-state index in [1.165, 1.54) is 0 Å². The summed E-state index contributed by atoms with van der Waals surface area (Å²) in [5, 5.41) is 9.96. The summed E-state index contributed by atoms with van der Waals surface area (Å²) in [5.74, 6) is 1.14. The van der Waals surface area contributed by atoms with Gasteiger partial charge >= 0.3 is 0 Å². The van der Waals surface area contributed by atoms with Crippen LogP contribution in [0.5, 0.6) is 0 Å². The van der Waals surface area contributed by atoms with Crippen LogP contribution in [0.3, 0.4) is 0 Å². The highest BCUT2D eigenvalue weighted by atomic mass is 35.5. The van der Waals surface area contributed by atoms with E-state index in [-0.39, 0.29) is 18.5 Å². The normalized spacial score (nSPS) is 16.5. The van der Waals surface area contributed by atoms with Gasteiger partial charge in [0.2, 0.25) is 5.95 Å². The molecule has 24 heavy (non-hydrogen) atoms. The van der Waals surface area contributed by atoms with E-state index in [4.69, 9.17) is 23.1 Å². The molecule has 0 spiro atoms. The molecule has 3 heterocycles. The Bertz CT molecular complexity index is 810. The zero-order valence-corrected chi connectivity index (χ0v) is 14.7. The van der Waals surface area contributed by atoms with Crippen LogP contribution in [0.4, 0.5) is 17.6 Å². The Morgan fingerprint density at radius 3 is 2.54 bits per heavy atom. The molecule has 1 aliphatic rings. The van der Waals surface area contributed by atoms with Gasteiger partial charge in [-0.3, -0.25) is 0 Å². The van der Waals surface area contributed by atoms with Crippen molar-refractivity contribution in [2.75, 3.05) is 29.5 Å². The third kappa shape index (κ3) is 2.63. The van der Waals surface area contributed by atoms with Crippen molar-refractivity contribution in [1.29, 1.82) is 0 Å². The van der Waals surface area contributed by atoms with Gasteiger partial charge in [0.25, 0.3) is 0 Å². The van der Waals surface area contributed by atoms with Crippen molar-refractivity contribution in [2.45, 2.75) is 33.2 Å². The van der Waals surface area contributed by atoms with Crippen LogP contribution in [0.15, 0.2) is 0 Å². The summed E-state index contributed by atoms with van der Waals surface area (Å²) in [5.41, 5.74) is 16.7. The first-order valence-corrected chi connectivity index (χ1v) is 8.12. The van der Waals surface area contributed by atoms with Gasteiger partial charge in [0.05, 0.1) is 6.61 Å². The van der Waals surface area contributed by atoms with Gasteiger partial charge in [-0.05, 0) is 31.9 Å². The number of halogens is 1. The van der Waals surface area contributed by atoms with Crippen LogP contribution in [-0.2, 0) is 6.54 Å². The number of aromatic nitrogens is 3. The number of fused-ring (bicyclic) bond motifs is 1. The molecule has 2 aromatic heterocycles. The molecule has 1 unspecified atom stereocenters. The molecule has 0 fully saturated rings. The molecule has 0 aliphatic carbocycles. The minimum Gasteiger partial charge on any atom is -0.396 e. The van der Waals surface area contributed by atoms with Gasteiger partial charge in [-0.15, -0.1) is 0 Å². The quantitative estimate of drug-likeness (QED) is 0.723. The summed E-state index contributed by atoms with van der Waals surface area (Å²) in [7, 11) is 0. The molecule has 8 heteroatoms. The lowest BCUT2D eigenvalue weighted by molar-refractivity contribution is 0.270. The number of rotatable bonds is 3. The Morgan fingerprint density at radius 1 is 1.17 bits per heavy atom. The minimum absolute atomic E-state index is 0.0316. The molecule has 0 bridgehead atoms. The Labute approximate surface area is 145 Å². The fourth-order valence-corrected chi connectivity index (χ4v) is 3.51. The molecule has 1 atom stereocenters. The van der Waals surface area contributed by atoms with E-state index in [9.17, 15) is 5.11 Å². The van der Waals surface area contributed by atoms with Crippen molar-refractivity contribution in [3.05, 3.63) is 33.1 Å². The Hall–Kier alpha value is -2.12. The van der Waals surface area contributed by atoms with Crippen molar-refractivity contribution in [3.63, 3.8) is 0 Å². The van der Waals surface area contributed by atoms with E-state index < -0.39 is 0 Å². The monoisotopic (exact) mass is 348 g/mol. The fourth-order valence-electron chi connectivity index (χ4n) is 3.18. The van der Waals surface area contributed by atoms with Gasteiger partial charge in [-0.2, -0.15) is 4.98 Å². The third-order valence-corrected chi connectivity index (χ3v) is 5.06. The molecule has 0 amide bonds. The van der Waals surface area contributed by atoms with Gasteiger partial charge in [0, 0.05) is 35.8 Å². The predicted molar refractivity (Wildman–Crippen MR) is 95.2 cm³/mol. The molecule has 0 aromatic carbocycles. The largest absolute Gasteiger partial charge is 0.396 e. The smallest absolute Gasteiger partial charge is 0.223 e. The van der Waals surface area contributed by atoms with Gasteiger partial charge in [0.1, 0.15) is 16.8 Å². The number of hydrogen-bond donors (Lipinski definition) is 3. The van der Waals surface area contributed by atoms with E-state index >= 15 is 0 Å². The second-order valence-electron chi connectivity index (χ2n) is 6.18. The van der Waals surface area contributed by atoms with Crippen LogP contribution in [0, 0.1) is 20.8 Å². The molecule has 7 nitrogen and oxygen atoms in total. The third-order valence-electron chi connectivity index (χ3n) is 4.77. The van der Waals surface area contributed by atoms with Crippen molar-refractivity contribution >= 4 is 29.2 Å². The molecule has 2 aromatic rings. The zero-order valence-electron chi connectivity index (χ0n) is 14.0. The van der Waals surface area contributed by atoms with E-state index in [0.29, 0.717) is 29.9 Å². The Kier molecular flexibility index (Phi) is 4.23. The maximum Gasteiger partial charge on any atom is 0.223 e. The lowest BCUT2D eigenvalue weighted by atomic mass is 10.0. The number of nitrogen functional groups attached to an aromatic ring is 2. The summed E-state index contributed by atoms with van der Waals surface area (Å²) < 4.78 is 0. The number of hydrogen-bond acceptors (Lipinski definition) is 7. The maximum atomic E-state index is 9.67. The Balaban J connectivity index is 2.04. The van der Waals surface area contributed by atoms with Gasteiger partial charge in [-0.25, -0.2) is 9.97 Å².